The van der Waals surface area contributed by atoms with Crippen LogP contribution in [0.2, 0.25) is 12.1 Å². The van der Waals surface area contributed by atoms with Gasteiger partial charge in [-0.05, 0) is 48.5 Å². The van der Waals surface area contributed by atoms with Gasteiger partial charge in [0.05, 0.1) is 11.4 Å². The maximum absolute atomic E-state index is 5.56. The monoisotopic (exact) mass is 408 g/mol. The number of morpholine rings is 1. The Hall–Kier alpha value is -1.98. The fourth-order valence-corrected chi connectivity index (χ4v) is 9.52. The second kappa shape index (κ2) is 8.40. The molecule has 0 radical (unpaired) electrons. The number of ether oxygens (including phenoxy) is 1. The maximum atomic E-state index is 5.56. The van der Waals surface area contributed by atoms with Gasteiger partial charge in [0.25, 0.3) is 0 Å². The Bertz CT molecular complexity index is 897. The normalized spacial score (nSPS) is 20.0. The van der Waals surface area contributed by atoms with E-state index in [1.54, 1.807) is 0 Å². The van der Waals surface area contributed by atoms with Gasteiger partial charge in [0.15, 0.2) is 18.8 Å². The number of rotatable bonds is 5. The summed E-state index contributed by atoms with van der Waals surface area (Å²) in [5, 5.41) is 3.05. The van der Waals surface area contributed by atoms with E-state index in [2.05, 4.69) is 73.6 Å². The molecule has 154 valence electrons. The van der Waals surface area contributed by atoms with E-state index < -0.39 is 8.07 Å². The molecule has 0 spiro atoms. The van der Waals surface area contributed by atoms with Crippen LogP contribution in [0.25, 0.3) is 0 Å². The molecule has 1 saturated heterocycles. The lowest BCUT2D eigenvalue weighted by Gasteiger charge is -2.38. The Labute approximate surface area is 176 Å². The Morgan fingerprint density at radius 3 is 2.41 bits per heavy atom. The number of nitrogens with zero attached hydrogens (tertiary/aromatic N) is 3. The largest absolute Gasteiger partial charge is 0.372 e. The number of hydrogen-bond acceptors (Lipinski definition) is 3. The first-order valence-electron chi connectivity index (χ1n) is 11.2. The van der Waals surface area contributed by atoms with Crippen molar-refractivity contribution in [2.75, 3.05) is 44.3 Å². The summed E-state index contributed by atoms with van der Waals surface area (Å²) >= 11 is 0. The molecular formula is C24H34N3OSi+. The van der Waals surface area contributed by atoms with Crippen molar-refractivity contribution in [3.8, 4) is 0 Å². The van der Waals surface area contributed by atoms with Gasteiger partial charge in [-0.3, -0.25) is 0 Å². The second-order valence-electron chi connectivity index (χ2n) is 8.08. The Morgan fingerprint density at radius 1 is 1.03 bits per heavy atom. The highest BCUT2D eigenvalue weighted by atomic mass is 28.3. The predicted octanol–water partition coefficient (Wildman–Crippen LogP) is 3.83. The molecule has 0 saturated carbocycles. The van der Waals surface area contributed by atoms with Crippen molar-refractivity contribution in [2.24, 2.45) is 4.99 Å². The first-order chi connectivity index (χ1) is 14.2. The lowest BCUT2D eigenvalue weighted by atomic mass is 10.1. The van der Waals surface area contributed by atoms with Crippen LogP contribution in [0.1, 0.15) is 27.7 Å². The molecule has 1 aromatic rings. The summed E-state index contributed by atoms with van der Waals surface area (Å²) in [7, 11) is -1.85. The predicted molar refractivity (Wildman–Crippen MR) is 126 cm³/mol. The van der Waals surface area contributed by atoms with E-state index in [1.165, 1.54) is 45.3 Å². The Kier molecular flexibility index (Phi) is 5.88. The number of benzene rings is 1. The zero-order valence-corrected chi connectivity index (χ0v) is 19.4. The molecule has 1 aromatic carbocycles. The highest BCUT2D eigenvalue weighted by Gasteiger charge is 2.43. The zero-order valence-electron chi connectivity index (χ0n) is 18.4. The third kappa shape index (κ3) is 3.44. The minimum Gasteiger partial charge on any atom is -0.372 e. The molecule has 5 heteroatoms. The fourth-order valence-electron chi connectivity index (χ4n) is 5.10. The van der Waals surface area contributed by atoms with E-state index in [1.807, 2.05) is 0 Å². The van der Waals surface area contributed by atoms with Crippen molar-refractivity contribution < 1.29 is 9.31 Å². The summed E-state index contributed by atoms with van der Waals surface area (Å²) in [4.78, 5) is 7.56. The number of hydrogen-bond donors (Lipinski definition) is 0. The van der Waals surface area contributed by atoms with Crippen molar-refractivity contribution in [1.82, 2.24) is 0 Å². The molecule has 3 aliphatic rings. The van der Waals surface area contributed by atoms with Gasteiger partial charge in [-0.15, -0.1) is 0 Å². The molecule has 1 aliphatic carbocycles. The van der Waals surface area contributed by atoms with Crippen LogP contribution >= 0.6 is 0 Å². The summed E-state index contributed by atoms with van der Waals surface area (Å²) in [6.07, 6.45) is 6.98. The molecule has 0 N–H and O–H groups in total. The lowest BCUT2D eigenvalue weighted by Crippen LogP contribution is -2.54. The zero-order chi connectivity index (χ0) is 20.4. The molecule has 2 heterocycles. The molecular weight excluding hydrogens is 374 g/mol. The third-order valence-corrected chi connectivity index (χ3v) is 12.2. The fraction of sp³-hybridized carbons (Fsp3) is 0.500. The van der Waals surface area contributed by atoms with Gasteiger partial charge in [0.2, 0.25) is 0 Å². The van der Waals surface area contributed by atoms with Gasteiger partial charge in [0.1, 0.15) is 21.3 Å². The van der Waals surface area contributed by atoms with E-state index in [4.69, 9.17) is 9.73 Å². The van der Waals surface area contributed by atoms with Crippen molar-refractivity contribution in [3.05, 3.63) is 41.6 Å². The average molecular weight is 409 g/mol. The third-order valence-electron chi connectivity index (χ3n) is 6.94. The average Bonchev–Trinajstić information content (AvgIpc) is 2.79. The van der Waals surface area contributed by atoms with Crippen LogP contribution in [-0.2, 0) is 4.74 Å². The summed E-state index contributed by atoms with van der Waals surface area (Å²) < 4.78 is 8.03. The van der Waals surface area contributed by atoms with Crippen molar-refractivity contribution in [3.63, 3.8) is 0 Å². The quantitative estimate of drug-likeness (QED) is 0.421. The lowest BCUT2D eigenvalue weighted by molar-refractivity contribution is -0.547. The first-order valence-corrected chi connectivity index (χ1v) is 13.7. The van der Waals surface area contributed by atoms with Gasteiger partial charge >= 0.3 is 0 Å². The standard InChI is InChI=1S/C24H34N3OSi/c1-5-26(6-2)19-9-11-21-23(17-19)29(7-3,8-4)24-18-20(10-12-22(24)25-21)27-13-15-28-16-14-27/h9-12,17-18H,5-8,13-16H2,1-4H3/q+1. The van der Waals surface area contributed by atoms with E-state index >= 15 is 0 Å². The van der Waals surface area contributed by atoms with Crippen molar-refractivity contribution >= 4 is 36.1 Å². The number of fused-ring (bicyclic) bond motifs is 2. The SMILES string of the molecule is CCN(CC)c1ccc2c(c1)[Si](CC)(CC)C1=CC(=[N+]3CCOCC3)C=CC1=N2. The highest BCUT2D eigenvalue weighted by Crippen LogP contribution is 2.36. The van der Waals surface area contributed by atoms with Gasteiger partial charge in [0, 0.05) is 30.9 Å². The van der Waals surface area contributed by atoms with Crippen LogP contribution < -0.4 is 10.1 Å². The topological polar surface area (TPSA) is 27.8 Å². The molecule has 0 unspecified atom stereocenters. The number of anilines is 1. The van der Waals surface area contributed by atoms with Crippen LogP contribution in [0.15, 0.2) is 46.6 Å². The number of aliphatic imine (C=N–C) groups is 1. The smallest absolute Gasteiger partial charge is 0.200 e. The maximum Gasteiger partial charge on any atom is 0.200 e. The van der Waals surface area contributed by atoms with E-state index in [-0.39, 0.29) is 0 Å². The van der Waals surface area contributed by atoms with E-state index in [0.29, 0.717) is 0 Å². The van der Waals surface area contributed by atoms with Crippen molar-refractivity contribution in [1.29, 1.82) is 0 Å². The summed E-state index contributed by atoms with van der Waals surface area (Å²) in [6.45, 7) is 14.9. The van der Waals surface area contributed by atoms with E-state index in [0.717, 1.165) is 39.4 Å². The Balaban J connectivity index is 1.87. The first kappa shape index (κ1) is 20.3. The molecule has 2 aliphatic heterocycles. The van der Waals surface area contributed by atoms with E-state index in [9.17, 15) is 0 Å². The van der Waals surface area contributed by atoms with Gasteiger partial charge in [-0.25, -0.2) is 9.57 Å². The molecule has 0 aromatic heterocycles. The van der Waals surface area contributed by atoms with Crippen LogP contribution in [0, 0.1) is 0 Å². The summed E-state index contributed by atoms with van der Waals surface area (Å²) in [5.41, 5.74) is 5.07. The summed E-state index contributed by atoms with van der Waals surface area (Å²) in [6, 6.07) is 9.41. The van der Waals surface area contributed by atoms with Gasteiger partial charge in [-0.1, -0.05) is 25.9 Å². The molecule has 0 bridgehead atoms. The van der Waals surface area contributed by atoms with Gasteiger partial charge in [-0.2, -0.15) is 0 Å². The molecule has 4 rings (SSSR count). The van der Waals surface area contributed by atoms with Crippen LogP contribution in [-0.4, -0.2) is 63.5 Å². The van der Waals surface area contributed by atoms with Crippen molar-refractivity contribution in [2.45, 2.75) is 39.8 Å². The Morgan fingerprint density at radius 2 is 1.76 bits per heavy atom. The summed E-state index contributed by atoms with van der Waals surface area (Å²) in [5.74, 6) is 0. The molecule has 0 amide bonds. The van der Waals surface area contributed by atoms with Crippen LogP contribution in [0.4, 0.5) is 11.4 Å². The van der Waals surface area contributed by atoms with Crippen LogP contribution in [0.3, 0.4) is 0 Å². The molecule has 1 fully saturated rings. The van der Waals surface area contributed by atoms with Gasteiger partial charge < -0.3 is 9.64 Å². The second-order valence-corrected chi connectivity index (χ2v) is 12.7. The number of allylic oxidation sites excluding steroid dienone is 4. The molecule has 4 nitrogen and oxygen atoms in total. The van der Waals surface area contributed by atoms with Crippen LogP contribution in [0.5, 0.6) is 0 Å². The molecule has 0 atom stereocenters. The minimum absolute atomic E-state index is 0.821. The minimum atomic E-state index is -1.85. The molecule has 29 heavy (non-hydrogen) atoms. The highest BCUT2D eigenvalue weighted by molar-refractivity contribution is 7.02.